The summed E-state index contributed by atoms with van der Waals surface area (Å²) in [5.74, 6) is 2.01. The molecule has 8 heteroatoms. The van der Waals surface area contributed by atoms with E-state index in [1.165, 1.54) is 5.69 Å². The molecule has 0 aliphatic carbocycles. The molecule has 2 saturated heterocycles. The fraction of sp³-hybridized carbons (Fsp3) is 0.545. The molecule has 1 aromatic heterocycles. The maximum Gasteiger partial charge on any atom is 0.236 e. The highest BCUT2D eigenvalue weighted by atomic mass is 16.5. The summed E-state index contributed by atoms with van der Waals surface area (Å²) in [4.78, 5) is 21.7. The summed E-state index contributed by atoms with van der Waals surface area (Å²) in [6, 6.07) is 10.1. The Balaban J connectivity index is 1.19. The zero-order valence-electron chi connectivity index (χ0n) is 17.9. The largest absolute Gasteiger partial charge is 0.497 e. The van der Waals surface area contributed by atoms with Gasteiger partial charge in [0, 0.05) is 64.1 Å². The molecule has 2 aliphatic rings. The molecular weight excluding hydrogens is 382 g/mol. The van der Waals surface area contributed by atoms with Crippen LogP contribution in [0.1, 0.15) is 11.5 Å². The van der Waals surface area contributed by atoms with Crippen LogP contribution in [-0.4, -0.2) is 91.8 Å². The Bertz CT molecular complexity index is 822. The molecule has 0 bridgehead atoms. The van der Waals surface area contributed by atoms with Gasteiger partial charge in [0.05, 0.1) is 25.9 Å². The topological polar surface area (TPSA) is 65.3 Å². The second-order valence-corrected chi connectivity index (χ2v) is 8.05. The number of aromatic nitrogens is 1. The number of ether oxygens (including phenoxy) is 1. The van der Waals surface area contributed by atoms with Gasteiger partial charge in [-0.05, 0) is 31.2 Å². The van der Waals surface area contributed by atoms with Gasteiger partial charge >= 0.3 is 0 Å². The Morgan fingerprint density at radius 1 is 1.00 bits per heavy atom. The van der Waals surface area contributed by atoms with Crippen molar-refractivity contribution < 1.29 is 14.1 Å². The third kappa shape index (κ3) is 5.12. The number of carbonyl (C=O) groups is 1. The van der Waals surface area contributed by atoms with E-state index in [1.807, 2.05) is 30.0 Å². The molecule has 8 nitrogen and oxygen atoms in total. The lowest BCUT2D eigenvalue weighted by Gasteiger charge is -2.38. The van der Waals surface area contributed by atoms with Gasteiger partial charge < -0.3 is 19.1 Å². The summed E-state index contributed by atoms with van der Waals surface area (Å²) in [7, 11) is 1.68. The van der Waals surface area contributed by atoms with Crippen molar-refractivity contribution in [1.29, 1.82) is 0 Å². The van der Waals surface area contributed by atoms with Crippen LogP contribution in [-0.2, 0) is 11.3 Å². The number of nitrogens with zero attached hydrogens (tertiary/aromatic N) is 5. The van der Waals surface area contributed by atoms with E-state index in [9.17, 15) is 4.79 Å². The second-order valence-electron chi connectivity index (χ2n) is 8.05. The smallest absolute Gasteiger partial charge is 0.236 e. The molecule has 0 radical (unpaired) electrons. The van der Waals surface area contributed by atoms with Gasteiger partial charge in [0.1, 0.15) is 5.75 Å². The molecular formula is C22H31N5O3. The van der Waals surface area contributed by atoms with Crippen molar-refractivity contribution >= 4 is 11.6 Å². The number of anilines is 1. The molecule has 1 aromatic carbocycles. The van der Waals surface area contributed by atoms with Crippen LogP contribution >= 0.6 is 0 Å². The minimum Gasteiger partial charge on any atom is -0.497 e. The molecule has 4 rings (SSSR count). The predicted octanol–water partition coefficient (Wildman–Crippen LogP) is 1.46. The molecule has 3 heterocycles. The van der Waals surface area contributed by atoms with Crippen molar-refractivity contribution in [2.45, 2.75) is 13.5 Å². The average Bonchev–Trinajstić information content (AvgIpc) is 3.20. The first kappa shape index (κ1) is 20.7. The summed E-state index contributed by atoms with van der Waals surface area (Å²) < 4.78 is 10.5. The Hall–Kier alpha value is -2.58. The van der Waals surface area contributed by atoms with E-state index < -0.39 is 0 Å². The standard InChI is InChI=1S/C22H31N5O3/c1-18-15-21(30-23-18)16-24-7-9-25(10-8-24)17-22(28)27-13-11-26(12-14-27)19-3-5-20(29-2)6-4-19/h3-6,15H,7-14,16-17H2,1-2H3. The first-order valence-electron chi connectivity index (χ1n) is 10.6. The number of aryl methyl sites for hydroxylation is 1. The van der Waals surface area contributed by atoms with Crippen LogP contribution < -0.4 is 9.64 Å². The predicted molar refractivity (Wildman–Crippen MR) is 115 cm³/mol. The molecule has 162 valence electrons. The third-order valence-electron chi connectivity index (χ3n) is 5.95. The highest BCUT2D eigenvalue weighted by Crippen LogP contribution is 2.20. The Labute approximate surface area is 178 Å². The van der Waals surface area contributed by atoms with Crippen LogP contribution in [0.4, 0.5) is 5.69 Å². The highest BCUT2D eigenvalue weighted by molar-refractivity contribution is 5.78. The minimum atomic E-state index is 0.240. The van der Waals surface area contributed by atoms with Crippen molar-refractivity contribution in [3.8, 4) is 5.75 Å². The number of hydrogen-bond donors (Lipinski definition) is 0. The lowest BCUT2D eigenvalue weighted by Crippen LogP contribution is -2.53. The fourth-order valence-electron chi connectivity index (χ4n) is 4.12. The van der Waals surface area contributed by atoms with Crippen LogP contribution in [0.2, 0.25) is 0 Å². The van der Waals surface area contributed by atoms with Gasteiger partial charge in [-0.15, -0.1) is 0 Å². The molecule has 2 fully saturated rings. The van der Waals surface area contributed by atoms with Gasteiger partial charge in [-0.2, -0.15) is 0 Å². The molecule has 1 amide bonds. The highest BCUT2D eigenvalue weighted by Gasteiger charge is 2.25. The fourth-order valence-corrected chi connectivity index (χ4v) is 4.12. The Morgan fingerprint density at radius 3 is 2.27 bits per heavy atom. The molecule has 0 unspecified atom stereocenters. The summed E-state index contributed by atoms with van der Waals surface area (Å²) in [5, 5.41) is 3.95. The number of amides is 1. The lowest BCUT2D eigenvalue weighted by atomic mass is 10.2. The van der Waals surface area contributed by atoms with E-state index in [4.69, 9.17) is 9.26 Å². The summed E-state index contributed by atoms with van der Waals surface area (Å²) >= 11 is 0. The quantitative estimate of drug-likeness (QED) is 0.710. The van der Waals surface area contributed by atoms with E-state index in [2.05, 4.69) is 32.0 Å². The van der Waals surface area contributed by atoms with Crippen LogP contribution in [0.25, 0.3) is 0 Å². The average molecular weight is 414 g/mol. The number of benzene rings is 1. The number of carbonyl (C=O) groups excluding carboxylic acids is 1. The number of methoxy groups -OCH3 is 1. The normalized spacial score (nSPS) is 18.6. The molecule has 2 aromatic rings. The van der Waals surface area contributed by atoms with Crippen molar-refractivity contribution in [2.75, 3.05) is 70.9 Å². The van der Waals surface area contributed by atoms with Crippen LogP contribution in [0.3, 0.4) is 0 Å². The van der Waals surface area contributed by atoms with Crippen molar-refractivity contribution in [1.82, 2.24) is 19.9 Å². The van der Waals surface area contributed by atoms with E-state index in [0.717, 1.165) is 76.1 Å². The first-order chi connectivity index (χ1) is 14.6. The van der Waals surface area contributed by atoms with Gasteiger partial charge in [-0.3, -0.25) is 14.6 Å². The summed E-state index contributed by atoms with van der Waals surface area (Å²) in [5.41, 5.74) is 2.10. The summed E-state index contributed by atoms with van der Waals surface area (Å²) in [6.07, 6.45) is 0. The van der Waals surface area contributed by atoms with E-state index in [1.54, 1.807) is 7.11 Å². The molecule has 0 atom stereocenters. The Kier molecular flexibility index (Phi) is 6.54. The SMILES string of the molecule is COc1ccc(N2CCN(C(=O)CN3CCN(Cc4cc(C)no4)CC3)CC2)cc1. The van der Waals surface area contributed by atoms with Crippen molar-refractivity contribution in [2.24, 2.45) is 0 Å². The van der Waals surface area contributed by atoms with Crippen molar-refractivity contribution in [3.05, 3.63) is 41.8 Å². The maximum atomic E-state index is 12.8. The minimum absolute atomic E-state index is 0.240. The molecule has 0 saturated carbocycles. The molecule has 2 aliphatic heterocycles. The van der Waals surface area contributed by atoms with Gasteiger partial charge in [-0.1, -0.05) is 5.16 Å². The number of rotatable bonds is 6. The van der Waals surface area contributed by atoms with Crippen LogP contribution in [0, 0.1) is 6.92 Å². The zero-order valence-corrected chi connectivity index (χ0v) is 17.9. The summed E-state index contributed by atoms with van der Waals surface area (Å²) in [6.45, 7) is 10.2. The third-order valence-corrected chi connectivity index (χ3v) is 5.95. The van der Waals surface area contributed by atoms with Gasteiger partial charge in [-0.25, -0.2) is 0 Å². The first-order valence-corrected chi connectivity index (χ1v) is 10.6. The second kappa shape index (κ2) is 9.49. The van der Waals surface area contributed by atoms with Gasteiger partial charge in [0.25, 0.3) is 0 Å². The maximum absolute atomic E-state index is 12.8. The van der Waals surface area contributed by atoms with Crippen LogP contribution in [0.15, 0.2) is 34.9 Å². The van der Waals surface area contributed by atoms with E-state index >= 15 is 0 Å². The van der Waals surface area contributed by atoms with E-state index in [-0.39, 0.29) is 5.91 Å². The van der Waals surface area contributed by atoms with Crippen molar-refractivity contribution in [3.63, 3.8) is 0 Å². The molecule has 30 heavy (non-hydrogen) atoms. The van der Waals surface area contributed by atoms with Crippen LogP contribution in [0.5, 0.6) is 5.75 Å². The molecule has 0 N–H and O–H groups in total. The monoisotopic (exact) mass is 413 g/mol. The van der Waals surface area contributed by atoms with E-state index in [0.29, 0.717) is 6.54 Å². The number of piperazine rings is 2. The van der Waals surface area contributed by atoms with Gasteiger partial charge in [0.2, 0.25) is 5.91 Å². The lowest BCUT2D eigenvalue weighted by molar-refractivity contribution is -0.133. The van der Waals surface area contributed by atoms with Gasteiger partial charge in [0.15, 0.2) is 5.76 Å². The molecule has 0 spiro atoms. The zero-order chi connectivity index (χ0) is 20.9. The number of hydrogen-bond acceptors (Lipinski definition) is 7. The Morgan fingerprint density at radius 2 is 1.67 bits per heavy atom.